The van der Waals surface area contributed by atoms with Gasteiger partial charge in [-0.1, -0.05) is 209 Å². The highest BCUT2D eigenvalue weighted by Gasteiger charge is 2.41. The molecule has 0 N–H and O–H groups in total. The molecule has 1 aromatic heterocycles. The number of fused-ring (bicyclic) bond motifs is 2. The number of allylic oxidation sites excluding steroid dienone is 13. The zero-order valence-corrected chi connectivity index (χ0v) is 34.4. The van der Waals surface area contributed by atoms with Gasteiger partial charge in [0.2, 0.25) is 0 Å². The average molecular weight is 744 g/mol. The monoisotopic (exact) mass is 743 g/mol. The maximum Gasteiger partial charge on any atom is 0.0698 e. The summed E-state index contributed by atoms with van der Waals surface area (Å²) in [4.78, 5) is 4.10. The number of benzene rings is 4. The number of hydrogen-bond donors (Lipinski definition) is 0. The molecule has 0 fully saturated rings. The minimum absolute atomic E-state index is 0.274. The summed E-state index contributed by atoms with van der Waals surface area (Å²) in [6.45, 7) is 14.7. The highest BCUT2D eigenvalue weighted by atomic mass is 14.7. The number of pyridine rings is 1. The SMILES string of the molecule is C=C/C(=C\C=C/C)C(C1=CCC(C2=c3ccccc3=C(c3ccc(C)cc3)C3CC=CC=C23)C=C1)(c1ccccc1)c1ccccc1.CC.CCc1ccccn1. The molecule has 1 heteroatoms. The van der Waals surface area contributed by atoms with Gasteiger partial charge in [-0.05, 0) is 100 Å². The Hall–Kier alpha value is -6.05. The molecular weight excluding hydrogens is 687 g/mol. The molecule has 0 amide bonds. The second-order valence-corrected chi connectivity index (χ2v) is 14.4. The van der Waals surface area contributed by atoms with Crippen molar-refractivity contribution >= 4 is 11.1 Å². The topological polar surface area (TPSA) is 12.9 Å². The third kappa shape index (κ3) is 8.54. The zero-order valence-electron chi connectivity index (χ0n) is 34.4. The lowest BCUT2D eigenvalue weighted by Crippen LogP contribution is -2.39. The summed E-state index contributed by atoms with van der Waals surface area (Å²) < 4.78 is 0. The van der Waals surface area contributed by atoms with Crippen molar-refractivity contribution in [1.29, 1.82) is 0 Å². The van der Waals surface area contributed by atoms with E-state index in [-0.39, 0.29) is 5.92 Å². The van der Waals surface area contributed by atoms with E-state index < -0.39 is 5.41 Å². The summed E-state index contributed by atoms with van der Waals surface area (Å²) in [5.74, 6) is 0.617. The van der Waals surface area contributed by atoms with Crippen LogP contribution in [0.5, 0.6) is 0 Å². The van der Waals surface area contributed by atoms with Crippen LogP contribution in [-0.2, 0) is 11.8 Å². The highest BCUT2D eigenvalue weighted by Crippen LogP contribution is 2.49. The normalized spacial score (nSPS) is 17.2. The summed E-state index contributed by atoms with van der Waals surface area (Å²) in [6.07, 6.45) is 27.7. The van der Waals surface area contributed by atoms with Crippen molar-refractivity contribution < 1.29 is 0 Å². The Balaban J connectivity index is 0.000000485. The van der Waals surface area contributed by atoms with Crippen LogP contribution in [0.4, 0.5) is 0 Å². The van der Waals surface area contributed by atoms with Crippen LogP contribution in [-0.4, -0.2) is 4.98 Å². The van der Waals surface area contributed by atoms with E-state index in [0.29, 0.717) is 5.92 Å². The van der Waals surface area contributed by atoms with Crippen molar-refractivity contribution in [2.45, 2.75) is 59.3 Å². The van der Waals surface area contributed by atoms with Crippen molar-refractivity contribution in [3.05, 3.63) is 256 Å². The van der Waals surface area contributed by atoms with E-state index in [2.05, 4.69) is 196 Å². The van der Waals surface area contributed by atoms with Crippen molar-refractivity contribution in [2.75, 3.05) is 0 Å². The van der Waals surface area contributed by atoms with E-state index in [1.807, 2.05) is 44.3 Å². The van der Waals surface area contributed by atoms with E-state index in [9.17, 15) is 0 Å². The molecule has 2 atom stereocenters. The number of aryl methyl sites for hydroxylation is 2. The van der Waals surface area contributed by atoms with Crippen molar-refractivity contribution in [3.8, 4) is 0 Å². The van der Waals surface area contributed by atoms with Crippen LogP contribution in [0.3, 0.4) is 0 Å². The predicted molar refractivity (Wildman–Crippen MR) is 245 cm³/mol. The van der Waals surface area contributed by atoms with Gasteiger partial charge in [-0.3, -0.25) is 4.98 Å². The third-order valence-electron chi connectivity index (χ3n) is 11.2. The van der Waals surface area contributed by atoms with Crippen molar-refractivity contribution in [3.63, 3.8) is 0 Å². The summed E-state index contributed by atoms with van der Waals surface area (Å²) >= 11 is 0. The first-order valence-electron chi connectivity index (χ1n) is 20.7. The van der Waals surface area contributed by atoms with Crippen LogP contribution in [0.15, 0.2) is 218 Å². The second-order valence-electron chi connectivity index (χ2n) is 14.4. The summed E-state index contributed by atoms with van der Waals surface area (Å²) in [7, 11) is 0. The van der Waals surface area contributed by atoms with Gasteiger partial charge in [0.1, 0.15) is 0 Å². The molecule has 2 unspecified atom stereocenters. The Morgan fingerprint density at radius 2 is 1.40 bits per heavy atom. The first-order valence-corrected chi connectivity index (χ1v) is 20.7. The smallest absolute Gasteiger partial charge is 0.0698 e. The Morgan fingerprint density at radius 1 is 0.772 bits per heavy atom. The highest BCUT2D eigenvalue weighted by molar-refractivity contribution is 5.84. The molecule has 0 bridgehead atoms. The lowest BCUT2D eigenvalue weighted by molar-refractivity contribution is 0.703. The maximum atomic E-state index is 4.35. The first kappa shape index (κ1) is 40.6. The van der Waals surface area contributed by atoms with Crippen LogP contribution in [0.1, 0.15) is 68.5 Å². The largest absolute Gasteiger partial charge is 0.261 e. The number of aromatic nitrogens is 1. The van der Waals surface area contributed by atoms with E-state index >= 15 is 0 Å². The zero-order chi connectivity index (χ0) is 40.0. The fraction of sp³-hybridized carbons (Fsp3) is 0.196. The lowest BCUT2D eigenvalue weighted by Gasteiger charge is -2.40. The molecule has 3 aliphatic rings. The predicted octanol–water partition coefficient (Wildman–Crippen LogP) is 12.7. The molecule has 0 saturated carbocycles. The fourth-order valence-electron chi connectivity index (χ4n) is 8.62. The second kappa shape index (κ2) is 19.7. The van der Waals surface area contributed by atoms with Gasteiger partial charge in [0.25, 0.3) is 0 Å². The standard InChI is InChI=1S/C47H42.C7H9N.C2H6/c1-4-6-17-37(5-2)47(38-18-9-7-10-19-38,39-20-11-8-12-21-39)40-32-30-36(31-33-40)46-43-24-15-13-22-41(43)45(35-28-26-34(3)27-29-35)42-23-14-16-25-44(42)46;1-2-7-5-3-4-6-8-7;1-2/h4-22,24-30,32-33,36,42H,2,23,31H2,1,3H3;3-6H,2H2,1H3;1-2H3/b6-4-,37-17+;;. The van der Waals surface area contributed by atoms with E-state index in [4.69, 9.17) is 0 Å². The molecule has 8 rings (SSSR count). The van der Waals surface area contributed by atoms with Gasteiger partial charge in [0.15, 0.2) is 0 Å². The van der Waals surface area contributed by atoms with Crippen molar-refractivity contribution in [1.82, 2.24) is 4.98 Å². The number of nitrogens with zero attached hydrogens (tertiary/aromatic N) is 1. The fourth-order valence-corrected chi connectivity index (χ4v) is 8.62. The van der Waals surface area contributed by atoms with Crippen molar-refractivity contribution in [2.24, 2.45) is 11.8 Å². The summed E-state index contributed by atoms with van der Waals surface area (Å²) in [5.41, 5.74) is 12.6. The molecule has 0 radical (unpaired) electrons. The van der Waals surface area contributed by atoms with Gasteiger partial charge in [-0.2, -0.15) is 0 Å². The third-order valence-corrected chi connectivity index (χ3v) is 11.2. The Labute approximate surface area is 342 Å². The van der Waals surface area contributed by atoms with Crippen LogP contribution >= 0.6 is 0 Å². The Morgan fingerprint density at radius 3 is 1.95 bits per heavy atom. The van der Waals surface area contributed by atoms with E-state index in [1.165, 1.54) is 55.0 Å². The molecule has 0 aliphatic heterocycles. The molecule has 286 valence electrons. The molecule has 1 nitrogen and oxygen atoms in total. The van der Waals surface area contributed by atoms with Crippen LogP contribution in [0, 0.1) is 18.8 Å². The van der Waals surface area contributed by atoms with Crippen LogP contribution in [0.2, 0.25) is 0 Å². The lowest BCUT2D eigenvalue weighted by atomic mass is 9.62. The molecular formula is C56H57N. The molecule has 4 aromatic carbocycles. The molecule has 3 aliphatic carbocycles. The van der Waals surface area contributed by atoms with E-state index in [1.54, 1.807) is 0 Å². The minimum atomic E-state index is -0.498. The van der Waals surface area contributed by atoms with Gasteiger partial charge < -0.3 is 0 Å². The number of rotatable bonds is 9. The van der Waals surface area contributed by atoms with Gasteiger partial charge >= 0.3 is 0 Å². The average Bonchev–Trinajstić information content (AvgIpc) is 3.29. The quantitative estimate of drug-likeness (QED) is 0.137. The molecule has 0 saturated heterocycles. The van der Waals surface area contributed by atoms with Crippen LogP contribution in [0.25, 0.3) is 11.1 Å². The van der Waals surface area contributed by atoms with Gasteiger partial charge in [0, 0.05) is 23.7 Å². The van der Waals surface area contributed by atoms with Crippen LogP contribution < -0.4 is 10.4 Å². The first-order chi connectivity index (χ1) is 28.1. The Kier molecular flexibility index (Phi) is 14.0. The van der Waals surface area contributed by atoms with Gasteiger partial charge in [-0.25, -0.2) is 0 Å². The van der Waals surface area contributed by atoms with Gasteiger partial charge in [-0.15, -0.1) is 0 Å². The Bertz CT molecular complexity index is 2380. The van der Waals surface area contributed by atoms with Gasteiger partial charge in [0.05, 0.1) is 5.41 Å². The molecule has 57 heavy (non-hydrogen) atoms. The molecule has 0 spiro atoms. The summed E-state index contributed by atoms with van der Waals surface area (Å²) in [5, 5.41) is 2.74. The number of hydrogen-bond acceptors (Lipinski definition) is 1. The maximum absolute atomic E-state index is 4.35. The minimum Gasteiger partial charge on any atom is -0.261 e. The molecule has 5 aromatic rings. The summed E-state index contributed by atoms with van der Waals surface area (Å²) in [6, 6.07) is 46.0. The molecule has 1 heterocycles. The van der Waals surface area contributed by atoms with E-state index in [0.717, 1.165) is 30.5 Å².